The van der Waals surface area contributed by atoms with Crippen molar-refractivity contribution in [1.29, 1.82) is 0 Å². The van der Waals surface area contributed by atoms with Gasteiger partial charge in [-0.1, -0.05) is 0 Å². The minimum Gasteiger partial charge on any atom is -0.376 e. The van der Waals surface area contributed by atoms with Crippen molar-refractivity contribution < 1.29 is 9.53 Å². The van der Waals surface area contributed by atoms with E-state index in [1.54, 1.807) is 17.4 Å². The third-order valence-electron chi connectivity index (χ3n) is 2.54. The van der Waals surface area contributed by atoms with Crippen molar-refractivity contribution in [2.75, 3.05) is 13.2 Å². The molecular formula is C12H14BrNO2S. The van der Waals surface area contributed by atoms with Gasteiger partial charge >= 0.3 is 0 Å². The number of thiophene rings is 1. The first-order valence-electron chi connectivity index (χ1n) is 5.55. The van der Waals surface area contributed by atoms with Crippen LogP contribution in [-0.4, -0.2) is 25.2 Å². The van der Waals surface area contributed by atoms with Crippen LogP contribution in [0.25, 0.3) is 6.08 Å². The Balaban J connectivity index is 1.74. The summed E-state index contributed by atoms with van der Waals surface area (Å²) in [5.41, 5.74) is 1.04. The second kappa shape index (κ2) is 6.33. The van der Waals surface area contributed by atoms with Gasteiger partial charge in [0.25, 0.3) is 0 Å². The number of ether oxygens (including phenoxy) is 1. The van der Waals surface area contributed by atoms with Gasteiger partial charge in [-0.3, -0.25) is 4.79 Å². The van der Waals surface area contributed by atoms with Crippen molar-refractivity contribution in [2.24, 2.45) is 0 Å². The molecule has 0 aromatic carbocycles. The fraction of sp³-hybridized carbons (Fsp3) is 0.417. The number of nitrogens with one attached hydrogen (secondary N) is 1. The number of hydrogen-bond acceptors (Lipinski definition) is 3. The van der Waals surface area contributed by atoms with E-state index in [4.69, 9.17) is 4.74 Å². The largest absolute Gasteiger partial charge is 0.376 e. The number of carbonyl (C=O) groups is 1. The maximum atomic E-state index is 11.5. The molecule has 2 heterocycles. The lowest BCUT2D eigenvalue weighted by Crippen LogP contribution is -2.30. The number of rotatable bonds is 4. The van der Waals surface area contributed by atoms with Crippen LogP contribution in [0.4, 0.5) is 0 Å². The average Bonchev–Trinajstić information content (AvgIpc) is 2.95. The highest BCUT2D eigenvalue weighted by molar-refractivity contribution is 9.11. The summed E-state index contributed by atoms with van der Waals surface area (Å²) >= 11 is 4.99. The van der Waals surface area contributed by atoms with E-state index in [2.05, 4.69) is 21.2 Å². The lowest BCUT2D eigenvalue weighted by Gasteiger charge is -2.08. The summed E-state index contributed by atoms with van der Waals surface area (Å²) in [6.07, 6.45) is 5.71. The Morgan fingerprint density at radius 2 is 2.59 bits per heavy atom. The van der Waals surface area contributed by atoms with E-state index in [1.807, 2.05) is 17.5 Å². The van der Waals surface area contributed by atoms with Crippen LogP contribution in [0.15, 0.2) is 21.3 Å². The van der Waals surface area contributed by atoms with Gasteiger partial charge in [0.05, 0.1) is 9.89 Å². The van der Waals surface area contributed by atoms with E-state index in [-0.39, 0.29) is 12.0 Å². The minimum absolute atomic E-state index is 0.0668. The lowest BCUT2D eigenvalue weighted by molar-refractivity contribution is -0.116. The minimum atomic E-state index is -0.0668. The molecule has 1 aliphatic rings. The zero-order valence-corrected chi connectivity index (χ0v) is 11.7. The number of carbonyl (C=O) groups excluding carboxylic acids is 1. The van der Waals surface area contributed by atoms with Crippen LogP contribution in [0.2, 0.25) is 0 Å². The standard InChI is InChI=1S/C12H14BrNO2S/c13-11-6-9(8-17-11)3-4-12(15)14-7-10-2-1-5-16-10/h3-4,6,8,10H,1-2,5,7H2,(H,14,15)/b4-3-/t10-/m0/s1. The van der Waals surface area contributed by atoms with E-state index < -0.39 is 0 Å². The molecule has 1 fully saturated rings. The van der Waals surface area contributed by atoms with Crippen molar-refractivity contribution in [3.05, 3.63) is 26.9 Å². The predicted molar refractivity (Wildman–Crippen MR) is 73.0 cm³/mol. The van der Waals surface area contributed by atoms with E-state index in [0.717, 1.165) is 28.8 Å². The molecule has 1 aliphatic heterocycles. The van der Waals surface area contributed by atoms with Crippen LogP contribution < -0.4 is 5.32 Å². The first kappa shape index (κ1) is 12.8. The summed E-state index contributed by atoms with van der Waals surface area (Å²) in [6, 6.07) is 1.98. The van der Waals surface area contributed by atoms with E-state index >= 15 is 0 Å². The van der Waals surface area contributed by atoms with Crippen molar-refractivity contribution in [3.8, 4) is 0 Å². The van der Waals surface area contributed by atoms with Crippen molar-refractivity contribution >= 4 is 39.2 Å². The van der Waals surface area contributed by atoms with Gasteiger partial charge in [0.1, 0.15) is 0 Å². The zero-order chi connectivity index (χ0) is 12.1. The molecule has 1 atom stereocenters. The van der Waals surface area contributed by atoms with Crippen LogP contribution in [0.3, 0.4) is 0 Å². The van der Waals surface area contributed by atoms with Gasteiger partial charge in [0, 0.05) is 19.2 Å². The molecular weight excluding hydrogens is 302 g/mol. The van der Waals surface area contributed by atoms with Gasteiger partial charge in [-0.05, 0) is 51.9 Å². The van der Waals surface area contributed by atoms with Crippen LogP contribution >= 0.6 is 27.3 Å². The van der Waals surface area contributed by atoms with Gasteiger partial charge < -0.3 is 10.1 Å². The molecule has 1 amide bonds. The fourth-order valence-electron chi connectivity index (χ4n) is 1.66. The second-order valence-electron chi connectivity index (χ2n) is 3.90. The smallest absolute Gasteiger partial charge is 0.244 e. The normalized spacial score (nSPS) is 19.9. The highest BCUT2D eigenvalue weighted by Crippen LogP contribution is 2.21. The van der Waals surface area contributed by atoms with Gasteiger partial charge in [-0.25, -0.2) is 0 Å². The van der Waals surface area contributed by atoms with Gasteiger partial charge in [0.2, 0.25) is 5.91 Å². The van der Waals surface area contributed by atoms with E-state index in [0.29, 0.717) is 6.54 Å². The first-order valence-corrected chi connectivity index (χ1v) is 7.23. The van der Waals surface area contributed by atoms with Gasteiger partial charge in [0.15, 0.2) is 0 Å². The third kappa shape index (κ3) is 4.26. The summed E-state index contributed by atoms with van der Waals surface area (Å²) < 4.78 is 6.49. The molecule has 0 radical (unpaired) electrons. The average molecular weight is 316 g/mol. The maximum absolute atomic E-state index is 11.5. The van der Waals surface area contributed by atoms with Crippen molar-refractivity contribution in [3.63, 3.8) is 0 Å². The molecule has 0 aliphatic carbocycles. The van der Waals surface area contributed by atoms with Crippen LogP contribution in [0.5, 0.6) is 0 Å². The molecule has 3 nitrogen and oxygen atoms in total. The molecule has 1 saturated heterocycles. The summed E-state index contributed by atoms with van der Waals surface area (Å²) in [5.74, 6) is -0.0668. The Hall–Kier alpha value is -0.650. The molecule has 1 aromatic rings. The van der Waals surface area contributed by atoms with Crippen molar-refractivity contribution in [1.82, 2.24) is 5.32 Å². The van der Waals surface area contributed by atoms with Crippen LogP contribution in [0, 0.1) is 0 Å². The second-order valence-corrected chi connectivity index (χ2v) is 6.19. The number of amides is 1. The monoisotopic (exact) mass is 315 g/mol. The Bertz CT molecular complexity index is 410. The summed E-state index contributed by atoms with van der Waals surface area (Å²) in [5, 5.41) is 4.84. The highest BCUT2D eigenvalue weighted by Gasteiger charge is 2.15. The Morgan fingerprint density at radius 1 is 1.71 bits per heavy atom. The third-order valence-corrected chi connectivity index (χ3v) is 4.07. The summed E-state index contributed by atoms with van der Waals surface area (Å²) in [4.78, 5) is 11.5. The SMILES string of the molecule is O=C(/C=C\c1csc(Br)c1)NC[C@@H]1CCCO1. The predicted octanol–water partition coefficient (Wildman–Crippen LogP) is 2.82. The molecule has 0 spiro atoms. The zero-order valence-electron chi connectivity index (χ0n) is 9.32. The van der Waals surface area contributed by atoms with E-state index in [9.17, 15) is 4.79 Å². The number of hydrogen-bond donors (Lipinski definition) is 1. The molecule has 0 saturated carbocycles. The molecule has 5 heteroatoms. The van der Waals surface area contributed by atoms with Gasteiger partial charge in [-0.2, -0.15) is 0 Å². The molecule has 92 valence electrons. The molecule has 17 heavy (non-hydrogen) atoms. The van der Waals surface area contributed by atoms with Crippen molar-refractivity contribution in [2.45, 2.75) is 18.9 Å². The molecule has 2 rings (SSSR count). The molecule has 1 aromatic heterocycles. The number of halogens is 1. The Morgan fingerprint density at radius 3 is 3.24 bits per heavy atom. The van der Waals surface area contributed by atoms with Crippen LogP contribution in [0.1, 0.15) is 18.4 Å². The molecule has 1 N–H and O–H groups in total. The van der Waals surface area contributed by atoms with Crippen LogP contribution in [-0.2, 0) is 9.53 Å². The first-order chi connectivity index (χ1) is 8.24. The van der Waals surface area contributed by atoms with E-state index in [1.165, 1.54) is 0 Å². The lowest BCUT2D eigenvalue weighted by atomic mass is 10.2. The Labute approximate surface area is 113 Å². The highest BCUT2D eigenvalue weighted by atomic mass is 79.9. The molecule has 0 bridgehead atoms. The maximum Gasteiger partial charge on any atom is 0.244 e. The van der Waals surface area contributed by atoms with Gasteiger partial charge in [-0.15, -0.1) is 11.3 Å². The molecule has 0 unspecified atom stereocenters. The Kier molecular flexibility index (Phi) is 4.76. The fourth-order valence-corrected chi connectivity index (χ4v) is 2.81. The quantitative estimate of drug-likeness (QED) is 0.868. The summed E-state index contributed by atoms with van der Waals surface area (Å²) in [7, 11) is 0. The summed E-state index contributed by atoms with van der Waals surface area (Å²) in [6.45, 7) is 1.43. The topological polar surface area (TPSA) is 38.3 Å².